The van der Waals surface area contributed by atoms with E-state index in [0.29, 0.717) is 12.3 Å². The fourth-order valence-electron chi connectivity index (χ4n) is 2.87. The van der Waals surface area contributed by atoms with Gasteiger partial charge < -0.3 is 11.2 Å². The number of thioether (sulfide) groups is 1. The minimum absolute atomic E-state index is 0.0651. The monoisotopic (exact) mass is 423 g/mol. The van der Waals surface area contributed by atoms with Gasteiger partial charge in [0, 0.05) is 12.1 Å². The van der Waals surface area contributed by atoms with Crippen molar-refractivity contribution >= 4 is 23.4 Å². The lowest BCUT2D eigenvalue weighted by Crippen LogP contribution is -2.34. The van der Waals surface area contributed by atoms with E-state index in [1.165, 1.54) is 5.56 Å². The molecule has 0 aliphatic rings. The van der Waals surface area contributed by atoms with E-state index in [9.17, 15) is 9.59 Å². The number of carbonyl (C=O) groups excluding carboxylic acids is 1. The molecule has 0 aliphatic heterocycles. The molecular formula is C22H25N5O2S. The summed E-state index contributed by atoms with van der Waals surface area (Å²) in [5, 5.41) is 11.1. The van der Waals surface area contributed by atoms with Gasteiger partial charge in [0.1, 0.15) is 5.69 Å². The molecule has 3 aromatic rings. The van der Waals surface area contributed by atoms with Crippen molar-refractivity contribution < 1.29 is 4.79 Å². The van der Waals surface area contributed by atoms with Crippen LogP contribution in [0.3, 0.4) is 0 Å². The third-order valence-electron chi connectivity index (χ3n) is 4.70. The number of amides is 1. The van der Waals surface area contributed by atoms with Crippen molar-refractivity contribution in [1.82, 2.24) is 14.9 Å². The first-order valence-corrected chi connectivity index (χ1v) is 10.6. The van der Waals surface area contributed by atoms with Gasteiger partial charge in [-0.05, 0) is 35.6 Å². The van der Waals surface area contributed by atoms with E-state index in [4.69, 9.17) is 5.84 Å². The summed E-state index contributed by atoms with van der Waals surface area (Å²) in [5.41, 5.74) is 3.76. The quantitative estimate of drug-likeness (QED) is 0.447. The summed E-state index contributed by atoms with van der Waals surface area (Å²) in [4.78, 5) is 24.8. The van der Waals surface area contributed by atoms with E-state index in [1.54, 1.807) is 0 Å². The fraction of sp³-hybridized carbons (Fsp3) is 0.273. The maximum absolute atomic E-state index is 12.6. The van der Waals surface area contributed by atoms with Crippen molar-refractivity contribution in [3.05, 3.63) is 81.3 Å². The molecular weight excluding hydrogens is 398 g/mol. The molecule has 1 amide bonds. The number of hydrogen-bond donors (Lipinski definition) is 2. The third-order valence-corrected chi connectivity index (χ3v) is 5.64. The minimum Gasteiger partial charge on any atom is -0.334 e. The van der Waals surface area contributed by atoms with Gasteiger partial charge in [0.05, 0.1) is 5.75 Å². The maximum atomic E-state index is 12.6. The highest BCUT2D eigenvalue weighted by Gasteiger charge is 2.14. The smallest absolute Gasteiger partial charge is 0.294 e. The van der Waals surface area contributed by atoms with Gasteiger partial charge in [0.25, 0.3) is 5.56 Å². The van der Waals surface area contributed by atoms with Crippen LogP contribution in [0.2, 0.25) is 0 Å². The average molecular weight is 424 g/mol. The van der Waals surface area contributed by atoms with Crippen molar-refractivity contribution in [3.63, 3.8) is 0 Å². The second-order valence-corrected chi connectivity index (χ2v) is 8.27. The highest BCUT2D eigenvalue weighted by atomic mass is 32.2. The zero-order chi connectivity index (χ0) is 21.7. The Morgan fingerprint density at radius 3 is 2.50 bits per heavy atom. The van der Waals surface area contributed by atoms with Crippen LogP contribution in [0, 0.1) is 6.92 Å². The number of aromatic nitrogens is 3. The van der Waals surface area contributed by atoms with Crippen molar-refractivity contribution in [3.8, 4) is 0 Å². The van der Waals surface area contributed by atoms with Crippen LogP contribution in [0.15, 0.2) is 58.5 Å². The number of rotatable bonds is 7. The first kappa shape index (κ1) is 21.6. The zero-order valence-corrected chi connectivity index (χ0v) is 18.1. The van der Waals surface area contributed by atoms with Gasteiger partial charge in [-0.15, -0.1) is 10.2 Å². The molecule has 8 heteroatoms. The van der Waals surface area contributed by atoms with Gasteiger partial charge in [-0.3, -0.25) is 9.59 Å². The Morgan fingerprint density at radius 2 is 1.83 bits per heavy atom. The number of nitrogen functional groups attached to an aromatic ring is 1. The lowest BCUT2D eigenvalue weighted by Gasteiger charge is -2.10. The number of nitrogens with one attached hydrogen (secondary N) is 1. The molecule has 0 unspecified atom stereocenters. The molecule has 0 radical (unpaired) electrons. The Bertz CT molecular complexity index is 1090. The van der Waals surface area contributed by atoms with Gasteiger partial charge >= 0.3 is 0 Å². The summed E-state index contributed by atoms with van der Waals surface area (Å²) in [6, 6.07) is 15.6. The van der Waals surface area contributed by atoms with Crippen LogP contribution in [0.25, 0.3) is 0 Å². The predicted octanol–water partition coefficient (Wildman–Crippen LogP) is 3.11. The molecule has 30 heavy (non-hydrogen) atoms. The summed E-state index contributed by atoms with van der Waals surface area (Å²) in [7, 11) is 0. The Morgan fingerprint density at radius 1 is 1.13 bits per heavy atom. The first-order valence-electron chi connectivity index (χ1n) is 9.66. The van der Waals surface area contributed by atoms with Crippen LogP contribution in [0.4, 0.5) is 5.69 Å². The molecule has 0 aliphatic carbocycles. The van der Waals surface area contributed by atoms with Crippen molar-refractivity contribution in [2.45, 2.75) is 38.3 Å². The van der Waals surface area contributed by atoms with Crippen LogP contribution in [-0.4, -0.2) is 26.5 Å². The maximum Gasteiger partial charge on any atom is 0.294 e. The van der Waals surface area contributed by atoms with Crippen LogP contribution in [0.5, 0.6) is 0 Å². The molecule has 156 valence electrons. The van der Waals surface area contributed by atoms with Gasteiger partial charge in [-0.2, -0.15) is 4.68 Å². The number of nitrogens with zero attached hydrogens (tertiary/aromatic N) is 3. The Balaban J connectivity index is 1.65. The number of aryl methyl sites for hydroxylation is 1. The lowest BCUT2D eigenvalue weighted by molar-refractivity contribution is -0.113. The molecule has 7 nitrogen and oxygen atoms in total. The standard InChI is InChI=1S/C22H25N5O2S/c1-14(2)17-10-8-16(9-11-17)12-19-21(29)27(23)22(26-25-19)30-13-20(28)24-18-7-5-4-6-15(18)3/h4-11,14H,12-13,23H2,1-3H3,(H,24,28). The largest absolute Gasteiger partial charge is 0.334 e. The van der Waals surface area contributed by atoms with Crippen LogP contribution in [-0.2, 0) is 11.2 Å². The van der Waals surface area contributed by atoms with Gasteiger partial charge in [0.2, 0.25) is 11.1 Å². The number of hydrogen-bond acceptors (Lipinski definition) is 6. The average Bonchev–Trinajstić information content (AvgIpc) is 2.73. The summed E-state index contributed by atoms with van der Waals surface area (Å²) >= 11 is 1.07. The van der Waals surface area contributed by atoms with Gasteiger partial charge in [-0.1, -0.05) is 68.1 Å². The number of carbonyl (C=O) groups is 1. The number of nitrogens with two attached hydrogens (primary N) is 1. The summed E-state index contributed by atoms with van der Waals surface area (Å²) in [6.45, 7) is 6.18. The van der Waals surface area contributed by atoms with E-state index in [0.717, 1.165) is 33.3 Å². The minimum atomic E-state index is -0.417. The normalized spacial score (nSPS) is 10.9. The molecule has 0 fully saturated rings. The van der Waals surface area contributed by atoms with E-state index in [1.807, 2.05) is 55.5 Å². The number of benzene rings is 2. The summed E-state index contributed by atoms with van der Waals surface area (Å²) in [6.07, 6.45) is 0.347. The topological polar surface area (TPSA) is 103 Å². The predicted molar refractivity (Wildman–Crippen MR) is 120 cm³/mol. The van der Waals surface area contributed by atoms with Gasteiger partial charge in [-0.25, -0.2) is 0 Å². The molecule has 0 atom stereocenters. The molecule has 3 N–H and O–H groups in total. The van der Waals surface area contributed by atoms with Gasteiger partial charge in [0.15, 0.2) is 0 Å². The van der Waals surface area contributed by atoms with E-state index in [-0.39, 0.29) is 22.5 Å². The number of anilines is 1. The first-order chi connectivity index (χ1) is 14.3. The van der Waals surface area contributed by atoms with Crippen molar-refractivity contribution in [2.75, 3.05) is 16.9 Å². The molecule has 2 aromatic carbocycles. The van der Waals surface area contributed by atoms with Crippen LogP contribution >= 0.6 is 11.8 Å². The van der Waals surface area contributed by atoms with E-state index < -0.39 is 5.56 Å². The highest BCUT2D eigenvalue weighted by Crippen LogP contribution is 2.17. The molecule has 3 rings (SSSR count). The molecule has 1 aromatic heterocycles. The zero-order valence-electron chi connectivity index (χ0n) is 17.3. The van der Waals surface area contributed by atoms with Crippen molar-refractivity contribution in [2.24, 2.45) is 0 Å². The Labute approximate surface area is 179 Å². The van der Waals surface area contributed by atoms with Crippen LogP contribution < -0.4 is 16.7 Å². The third kappa shape index (κ3) is 5.27. The molecule has 1 heterocycles. The van der Waals surface area contributed by atoms with Crippen molar-refractivity contribution in [1.29, 1.82) is 0 Å². The molecule has 0 bridgehead atoms. The van der Waals surface area contributed by atoms with E-state index in [2.05, 4.69) is 29.4 Å². The lowest BCUT2D eigenvalue weighted by atomic mass is 10.0. The summed E-state index contributed by atoms with van der Waals surface area (Å²) in [5.74, 6) is 6.21. The summed E-state index contributed by atoms with van der Waals surface area (Å²) < 4.78 is 0.955. The second-order valence-electron chi connectivity index (χ2n) is 7.33. The highest BCUT2D eigenvalue weighted by molar-refractivity contribution is 7.99. The number of para-hydroxylation sites is 1. The Hall–Kier alpha value is -3.13. The van der Waals surface area contributed by atoms with E-state index >= 15 is 0 Å². The second kappa shape index (κ2) is 9.58. The van der Waals surface area contributed by atoms with Crippen LogP contribution in [0.1, 0.15) is 42.1 Å². The Kier molecular flexibility index (Phi) is 6.89. The molecule has 0 saturated heterocycles. The fourth-order valence-corrected chi connectivity index (χ4v) is 3.53. The molecule has 0 saturated carbocycles. The molecule has 0 spiro atoms. The SMILES string of the molecule is Cc1ccccc1NC(=O)CSc1nnc(Cc2ccc(C(C)C)cc2)c(=O)n1N.